The zero-order valence-corrected chi connectivity index (χ0v) is 13.9. The van der Waals surface area contributed by atoms with Crippen LogP contribution >= 0.6 is 31.9 Å². The number of halogens is 2. The predicted octanol–water partition coefficient (Wildman–Crippen LogP) is 5.40. The van der Waals surface area contributed by atoms with Crippen LogP contribution in [0.5, 0.6) is 5.75 Å². The minimum atomic E-state index is 0.0196. The van der Waals surface area contributed by atoms with Gasteiger partial charge in [-0.1, -0.05) is 28.1 Å². The first-order valence-electron chi connectivity index (χ1n) is 5.98. The molecule has 100 valence electrons. The fourth-order valence-electron chi connectivity index (χ4n) is 1.94. The Morgan fingerprint density at radius 2 is 1.84 bits per heavy atom. The molecule has 0 saturated carbocycles. The van der Waals surface area contributed by atoms with E-state index in [-0.39, 0.29) is 6.04 Å². The van der Waals surface area contributed by atoms with Gasteiger partial charge in [-0.05, 0) is 59.6 Å². The first kappa shape index (κ1) is 14.4. The first-order valence-corrected chi connectivity index (χ1v) is 7.57. The standard InChI is InChI=1S/C15H15Br2NO/c1-9-3-5-12(15(19)7-9)10(2)18-14-8-11(16)4-6-13(14)17/h3-8,10,18-19H,1-2H3. The molecular formula is C15H15Br2NO. The molecule has 0 radical (unpaired) electrons. The molecule has 0 spiro atoms. The molecular weight excluding hydrogens is 370 g/mol. The zero-order chi connectivity index (χ0) is 14.0. The van der Waals surface area contributed by atoms with E-state index in [1.54, 1.807) is 6.07 Å². The van der Waals surface area contributed by atoms with Crippen molar-refractivity contribution < 1.29 is 5.11 Å². The van der Waals surface area contributed by atoms with E-state index in [4.69, 9.17) is 0 Å². The van der Waals surface area contributed by atoms with Crippen LogP contribution in [0.3, 0.4) is 0 Å². The van der Waals surface area contributed by atoms with Crippen molar-refractivity contribution in [3.05, 3.63) is 56.5 Å². The highest BCUT2D eigenvalue weighted by atomic mass is 79.9. The molecule has 2 aromatic carbocycles. The van der Waals surface area contributed by atoms with Crippen molar-refractivity contribution in [1.82, 2.24) is 0 Å². The highest BCUT2D eigenvalue weighted by molar-refractivity contribution is 9.11. The molecule has 2 aromatic rings. The quantitative estimate of drug-likeness (QED) is 0.742. The number of aryl methyl sites for hydroxylation is 1. The van der Waals surface area contributed by atoms with Gasteiger partial charge in [0.1, 0.15) is 5.75 Å². The number of rotatable bonds is 3. The van der Waals surface area contributed by atoms with E-state index in [1.165, 1.54) is 0 Å². The average Bonchev–Trinajstić information content (AvgIpc) is 2.33. The normalized spacial score (nSPS) is 12.2. The van der Waals surface area contributed by atoms with E-state index >= 15 is 0 Å². The van der Waals surface area contributed by atoms with Gasteiger partial charge in [-0.2, -0.15) is 0 Å². The second-order valence-corrected chi connectivity index (χ2v) is 6.32. The van der Waals surface area contributed by atoms with Crippen LogP contribution in [0.25, 0.3) is 0 Å². The van der Waals surface area contributed by atoms with Gasteiger partial charge in [-0.25, -0.2) is 0 Å². The van der Waals surface area contributed by atoms with Crippen molar-refractivity contribution >= 4 is 37.5 Å². The summed E-state index contributed by atoms with van der Waals surface area (Å²) in [5.41, 5.74) is 2.93. The third-order valence-corrected chi connectivity index (χ3v) is 4.14. The smallest absolute Gasteiger partial charge is 0.121 e. The summed E-state index contributed by atoms with van der Waals surface area (Å²) >= 11 is 6.97. The number of aromatic hydroxyl groups is 1. The second kappa shape index (κ2) is 5.97. The van der Waals surface area contributed by atoms with Crippen molar-refractivity contribution in [1.29, 1.82) is 0 Å². The van der Waals surface area contributed by atoms with Gasteiger partial charge in [0.25, 0.3) is 0 Å². The third kappa shape index (κ3) is 3.51. The molecule has 0 aliphatic heterocycles. The largest absolute Gasteiger partial charge is 0.508 e. The maximum Gasteiger partial charge on any atom is 0.121 e. The number of nitrogens with one attached hydrogen (secondary N) is 1. The van der Waals surface area contributed by atoms with E-state index in [1.807, 2.05) is 44.2 Å². The molecule has 1 atom stereocenters. The van der Waals surface area contributed by atoms with Gasteiger partial charge in [0.2, 0.25) is 0 Å². The van der Waals surface area contributed by atoms with Gasteiger partial charge in [-0.15, -0.1) is 0 Å². The van der Waals surface area contributed by atoms with Crippen LogP contribution in [0, 0.1) is 6.92 Å². The fraction of sp³-hybridized carbons (Fsp3) is 0.200. The molecule has 0 aliphatic rings. The van der Waals surface area contributed by atoms with Crippen LogP contribution in [0.2, 0.25) is 0 Å². The van der Waals surface area contributed by atoms with Crippen molar-refractivity contribution in [2.24, 2.45) is 0 Å². The van der Waals surface area contributed by atoms with Crippen molar-refractivity contribution in [2.45, 2.75) is 19.9 Å². The summed E-state index contributed by atoms with van der Waals surface area (Å²) in [5.74, 6) is 0.325. The topological polar surface area (TPSA) is 32.3 Å². The molecule has 4 heteroatoms. The summed E-state index contributed by atoms with van der Waals surface area (Å²) in [6, 6.07) is 11.7. The van der Waals surface area contributed by atoms with Gasteiger partial charge in [-0.3, -0.25) is 0 Å². The Labute approximate surface area is 130 Å². The van der Waals surface area contributed by atoms with Gasteiger partial charge in [0.15, 0.2) is 0 Å². The van der Waals surface area contributed by atoms with Crippen LogP contribution in [-0.4, -0.2) is 5.11 Å². The summed E-state index contributed by atoms with van der Waals surface area (Å²) in [6.45, 7) is 3.99. The Kier molecular flexibility index (Phi) is 4.53. The van der Waals surface area contributed by atoms with Gasteiger partial charge in [0, 0.05) is 14.5 Å². The predicted molar refractivity (Wildman–Crippen MR) is 86.7 cm³/mol. The highest BCUT2D eigenvalue weighted by Gasteiger charge is 2.11. The van der Waals surface area contributed by atoms with Crippen LogP contribution in [0.4, 0.5) is 5.69 Å². The lowest BCUT2D eigenvalue weighted by molar-refractivity contribution is 0.465. The van der Waals surface area contributed by atoms with Crippen LogP contribution in [-0.2, 0) is 0 Å². The molecule has 2 nitrogen and oxygen atoms in total. The Hall–Kier alpha value is -1.00. The molecule has 0 bridgehead atoms. The zero-order valence-electron chi connectivity index (χ0n) is 10.7. The molecule has 0 aliphatic carbocycles. The van der Waals surface area contributed by atoms with E-state index in [0.717, 1.165) is 25.8 Å². The molecule has 0 saturated heterocycles. The molecule has 0 aromatic heterocycles. The van der Waals surface area contributed by atoms with Crippen LogP contribution < -0.4 is 5.32 Å². The summed E-state index contributed by atoms with van der Waals surface area (Å²) in [4.78, 5) is 0. The molecule has 1 unspecified atom stereocenters. The van der Waals surface area contributed by atoms with Gasteiger partial charge in [0.05, 0.1) is 11.7 Å². The van der Waals surface area contributed by atoms with E-state index in [2.05, 4.69) is 37.2 Å². The SMILES string of the molecule is Cc1ccc(C(C)Nc2cc(Br)ccc2Br)c(O)c1. The lowest BCUT2D eigenvalue weighted by Crippen LogP contribution is -2.07. The van der Waals surface area contributed by atoms with E-state index in [9.17, 15) is 5.11 Å². The van der Waals surface area contributed by atoms with E-state index < -0.39 is 0 Å². The molecule has 0 fully saturated rings. The monoisotopic (exact) mass is 383 g/mol. The molecule has 19 heavy (non-hydrogen) atoms. The molecule has 2 rings (SSSR count). The number of hydrogen-bond donors (Lipinski definition) is 2. The Morgan fingerprint density at radius 3 is 2.53 bits per heavy atom. The lowest BCUT2D eigenvalue weighted by Gasteiger charge is -2.18. The number of hydrogen-bond acceptors (Lipinski definition) is 2. The summed E-state index contributed by atoms with van der Waals surface area (Å²) in [7, 11) is 0. The highest BCUT2D eigenvalue weighted by Crippen LogP contribution is 2.32. The van der Waals surface area contributed by atoms with Crippen LogP contribution in [0.15, 0.2) is 45.3 Å². The number of phenolic OH excluding ortho intramolecular Hbond substituents is 1. The third-order valence-electron chi connectivity index (χ3n) is 2.95. The lowest BCUT2D eigenvalue weighted by atomic mass is 10.0. The maximum absolute atomic E-state index is 10.0. The molecule has 0 amide bonds. The van der Waals surface area contributed by atoms with E-state index in [0.29, 0.717) is 5.75 Å². The summed E-state index contributed by atoms with van der Waals surface area (Å²) in [5, 5.41) is 13.4. The minimum absolute atomic E-state index is 0.0196. The maximum atomic E-state index is 10.0. The Balaban J connectivity index is 2.25. The van der Waals surface area contributed by atoms with Crippen molar-refractivity contribution in [3.63, 3.8) is 0 Å². The first-order chi connectivity index (χ1) is 8.97. The summed E-state index contributed by atoms with van der Waals surface area (Å²) in [6.07, 6.45) is 0. The average molecular weight is 385 g/mol. The second-order valence-electron chi connectivity index (χ2n) is 4.55. The van der Waals surface area contributed by atoms with Crippen LogP contribution in [0.1, 0.15) is 24.1 Å². The number of anilines is 1. The Morgan fingerprint density at radius 1 is 1.11 bits per heavy atom. The number of phenols is 1. The Bertz CT molecular complexity index is 599. The van der Waals surface area contributed by atoms with Gasteiger partial charge < -0.3 is 10.4 Å². The number of benzene rings is 2. The fourth-order valence-corrected chi connectivity index (χ4v) is 2.66. The minimum Gasteiger partial charge on any atom is -0.508 e. The molecule has 2 N–H and O–H groups in total. The summed E-state index contributed by atoms with van der Waals surface area (Å²) < 4.78 is 2.01. The van der Waals surface area contributed by atoms with Crippen molar-refractivity contribution in [2.75, 3.05) is 5.32 Å². The molecule has 0 heterocycles. The van der Waals surface area contributed by atoms with Crippen molar-refractivity contribution in [3.8, 4) is 5.75 Å². The van der Waals surface area contributed by atoms with Gasteiger partial charge >= 0.3 is 0 Å².